The van der Waals surface area contributed by atoms with Crippen molar-refractivity contribution in [3.63, 3.8) is 0 Å². The van der Waals surface area contributed by atoms with Crippen LogP contribution in [0.5, 0.6) is 0 Å². The molecule has 0 spiro atoms. The molecule has 0 heterocycles. The van der Waals surface area contributed by atoms with Crippen molar-refractivity contribution < 1.29 is 22.6 Å². The Morgan fingerprint density at radius 2 is 1.89 bits per heavy atom. The monoisotopic (exact) mass is 292 g/mol. The van der Waals surface area contributed by atoms with Gasteiger partial charge in [0.2, 0.25) is 0 Å². The summed E-state index contributed by atoms with van der Waals surface area (Å²) in [6.07, 6.45) is 0.469. The summed E-state index contributed by atoms with van der Waals surface area (Å²) in [5.74, 6) is 0. The third kappa shape index (κ3) is 11.6. The number of aliphatic hydroxyl groups is 1. The van der Waals surface area contributed by atoms with Crippen molar-refractivity contribution >= 4 is 16.1 Å². The fraction of sp³-hybridized carbons (Fsp3) is 0.455. The smallest absolute Gasteiger partial charge is 0.394 e. The predicted molar refractivity (Wildman–Crippen MR) is 73.2 cm³/mol. The minimum atomic E-state index is -4.67. The molecular formula is C11H20N2O5S. The minimum Gasteiger partial charge on any atom is -0.399 e. The molecule has 0 saturated carbocycles. The Kier molecular flexibility index (Phi) is 7.57. The van der Waals surface area contributed by atoms with Gasteiger partial charge in [-0.1, -0.05) is 12.1 Å². The van der Waals surface area contributed by atoms with Crippen molar-refractivity contribution in [3.05, 3.63) is 29.3 Å². The van der Waals surface area contributed by atoms with Crippen LogP contribution in [0.2, 0.25) is 0 Å². The van der Waals surface area contributed by atoms with Crippen molar-refractivity contribution in [2.24, 2.45) is 0 Å². The largest absolute Gasteiger partial charge is 0.399 e. The highest BCUT2D eigenvalue weighted by Crippen LogP contribution is 2.12. The van der Waals surface area contributed by atoms with Crippen LogP contribution in [0, 0.1) is 6.92 Å². The summed E-state index contributed by atoms with van der Waals surface area (Å²) in [6, 6.07) is 6.03. The molecule has 1 aromatic rings. The molecule has 1 aromatic carbocycles. The van der Waals surface area contributed by atoms with E-state index in [1.807, 2.05) is 19.1 Å². The van der Waals surface area contributed by atoms with Crippen LogP contribution < -0.4 is 11.1 Å². The molecule has 0 aliphatic carbocycles. The van der Waals surface area contributed by atoms with E-state index in [4.69, 9.17) is 28.4 Å². The molecule has 1 unspecified atom stereocenters. The number of aliphatic hydroxyl groups excluding tert-OH is 1. The molecule has 0 saturated heterocycles. The van der Waals surface area contributed by atoms with Crippen molar-refractivity contribution in [2.75, 3.05) is 12.3 Å². The van der Waals surface area contributed by atoms with E-state index in [-0.39, 0.29) is 0 Å². The number of nitrogen functional groups attached to an aromatic ring is 1. The van der Waals surface area contributed by atoms with Crippen molar-refractivity contribution in [3.8, 4) is 0 Å². The first-order valence-corrected chi connectivity index (χ1v) is 6.95. The number of aryl methyl sites for hydroxylation is 1. The van der Waals surface area contributed by atoms with Gasteiger partial charge < -0.3 is 10.8 Å². The SMILES string of the molecule is Cc1cc(CCNC(C)O)ccc1N.O=S(=O)(O)O. The minimum absolute atomic E-state index is 0.440. The van der Waals surface area contributed by atoms with Gasteiger partial charge in [-0.3, -0.25) is 14.4 Å². The Labute approximate surface area is 113 Å². The number of nitrogens with one attached hydrogen (secondary N) is 1. The number of hydrogen-bond acceptors (Lipinski definition) is 5. The lowest BCUT2D eigenvalue weighted by molar-refractivity contribution is 0.157. The maximum Gasteiger partial charge on any atom is 0.394 e. The first kappa shape index (κ1) is 17.8. The van der Waals surface area contributed by atoms with Crippen molar-refractivity contribution in [2.45, 2.75) is 26.5 Å². The molecular weight excluding hydrogens is 272 g/mol. The topological polar surface area (TPSA) is 133 Å². The van der Waals surface area contributed by atoms with E-state index >= 15 is 0 Å². The molecule has 0 fully saturated rings. The lowest BCUT2D eigenvalue weighted by atomic mass is 10.1. The molecule has 7 nitrogen and oxygen atoms in total. The van der Waals surface area contributed by atoms with Crippen LogP contribution in [-0.2, 0) is 16.8 Å². The number of rotatable bonds is 4. The second kappa shape index (κ2) is 8.08. The Morgan fingerprint density at radius 1 is 1.37 bits per heavy atom. The zero-order chi connectivity index (χ0) is 15.1. The van der Waals surface area contributed by atoms with E-state index in [1.165, 1.54) is 5.56 Å². The number of anilines is 1. The van der Waals surface area contributed by atoms with Gasteiger partial charge in [-0.2, -0.15) is 8.42 Å². The average molecular weight is 292 g/mol. The Bertz CT molecular complexity index is 480. The summed E-state index contributed by atoms with van der Waals surface area (Å²) < 4.78 is 31.6. The van der Waals surface area contributed by atoms with Gasteiger partial charge in [0.15, 0.2) is 0 Å². The molecule has 0 aromatic heterocycles. The van der Waals surface area contributed by atoms with Crippen LogP contribution in [0.25, 0.3) is 0 Å². The maximum atomic E-state index is 9.00. The average Bonchev–Trinajstić information content (AvgIpc) is 2.20. The van der Waals surface area contributed by atoms with Gasteiger partial charge in [-0.25, -0.2) is 0 Å². The van der Waals surface area contributed by atoms with Crippen LogP contribution in [-0.4, -0.2) is 35.4 Å². The van der Waals surface area contributed by atoms with E-state index in [9.17, 15) is 0 Å². The standard InChI is InChI=1S/C11H18N2O.H2O4S/c1-8-7-10(3-4-11(8)12)5-6-13-9(2)14;1-5(2,3)4/h3-4,7,9,13-14H,5-6,12H2,1-2H3;(H2,1,2,3,4). The summed E-state index contributed by atoms with van der Waals surface area (Å²) >= 11 is 0. The van der Waals surface area contributed by atoms with E-state index in [1.54, 1.807) is 6.92 Å². The zero-order valence-electron chi connectivity index (χ0n) is 10.9. The van der Waals surface area contributed by atoms with Crippen LogP contribution in [0.3, 0.4) is 0 Å². The molecule has 0 aliphatic heterocycles. The molecule has 8 heteroatoms. The summed E-state index contributed by atoms with van der Waals surface area (Å²) in [4.78, 5) is 0. The summed E-state index contributed by atoms with van der Waals surface area (Å²) in [5.41, 5.74) is 8.89. The van der Waals surface area contributed by atoms with Gasteiger partial charge in [-0.05, 0) is 37.5 Å². The predicted octanol–water partition coefficient (Wildman–Crippen LogP) is 0.395. The highest BCUT2D eigenvalue weighted by atomic mass is 32.3. The first-order valence-electron chi connectivity index (χ1n) is 5.56. The quantitative estimate of drug-likeness (QED) is 0.308. The Balaban J connectivity index is 0.000000555. The molecule has 1 rings (SSSR count). The molecule has 110 valence electrons. The lowest BCUT2D eigenvalue weighted by Crippen LogP contribution is -2.27. The van der Waals surface area contributed by atoms with Gasteiger partial charge in [-0.15, -0.1) is 0 Å². The second-order valence-electron chi connectivity index (χ2n) is 4.02. The maximum absolute atomic E-state index is 9.00. The molecule has 1 atom stereocenters. The Morgan fingerprint density at radius 3 is 2.32 bits per heavy atom. The molecule has 0 bridgehead atoms. The van der Waals surface area contributed by atoms with Crippen molar-refractivity contribution in [1.29, 1.82) is 0 Å². The third-order valence-corrected chi connectivity index (χ3v) is 2.19. The zero-order valence-corrected chi connectivity index (χ0v) is 11.7. The van der Waals surface area contributed by atoms with Crippen LogP contribution in [0.4, 0.5) is 5.69 Å². The number of hydrogen-bond donors (Lipinski definition) is 5. The van der Waals surface area contributed by atoms with Gasteiger partial charge in [0, 0.05) is 12.2 Å². The molecule has 19 heavy (non-hydrogen) atoms. The van der Waals surface area contributed by atoms with Crippen LogP contribution in [0.1, 0.15) is 18.1 Å². The number of benzene rings is 1. The van der Waals surface area contributed by atoms with Crippen molar-refractivity contribution in [1.82, 2.24) is 5.32 Å². The van der Waals surface area contributed by atoms with Gasteiger partial charge in [0.1, 0.15) is 6.23 Å². The summed E-state index contributed by atoms with van der Waals surface area (Å²) in [5, 5.41) is 12.0. The Hall–Kier alpha value is -1.19. The van der Waals surface area contributed by atoms with E-state index in [0.29, 0.717) is 0 Å². The second-order valence-corrected chi connectivity index (χ2v) is 4.91. The van der Waals surface area contributed by atoms with E-state index < -0.39 is 16.6 Å². The van der Waals surface area contributed by atoms with E-state index in [2.05, 4.69) is 11.4 Å². The molecule has 6 N–H and O–H groups in total. The van der Waals surface area contributed by atoms with Gasteiger partial charge in [0.05, 0.1) is 0 Å². The highest BCUT2D eigenvalue weighted by molar-refractivity contribution is 7.79. The third-order valence-electron chi connectivity index (χ3n) is 2.19. The normalized spacial score (nSPS) is 12.5. The molecule has 0 radical (unpaired) electrons. The number of nitrogens with two attached hydrogens (primary N) is 1. The lowest BCUT2D eigenvalue weighted by Gasteiger charge is -2.08. The van der Waals surface area contributed by atoms with Crippen LogP contribution in [0.15, 0.2) is 18.2 Å². The van der Waals surface area contributed by atoms with Gasteiger partial charge >= 0.3 is 10.4 Å². The van der Waals surface area contributed by atoms with Gasteiger partial charge in [0.25, 0.3) is 0 Å². The fourth-order valence-electron chi connectivity index (χ4n) is 1.32. The summed E-state index contributed by atoms with van der Waals surface area (Å²) in [6.45, 7) is 4.50. The fourth-order valence-corrected chi connectivity index (χ4v) is 1.32. The highest BCUT2D eigenvalue weighted by Gasteiger charge is 1.98. The summed E-state index contributed by atoms with van der Waals surface area (Å²) in [7, 11) is -4.67. The van der Waals surface area contributed by atoms with Crippen LogP contribution >= 0.6 is 0 Å². The first-order chi connectivity index (χ1) is 8.59. The molecule has 0 amide bonds. The molecule has 0 aliphatic rings. The van der Waals surface area contributed by atoms with E-state index in [0.717, 1.165) is 24.2 Å².